The van der Waals surface area contributed by atoms with Crippen molar-refractivity contribution in [3.8, 4) is 0 Å². The van der Waals surface area contributed by atoms with Gasteiger partial charge in [0.25, 0.3) is 0 Å². The zero-order chi connectivity index (χ0) is 15.5. The van der Waals surface area contributed by atoms with Crippen molar-refractivity contribution in [2.75, 3.05) is 19.6 Å². The molecule has 1 aromatic rings. The maximum atomic E-state index is 12.3. The molecule has 0 aromatic heterocycles. The minimum atomic E-state index is 0. The van der Waals surface area contributed by atoms with Gasteiger partial charge < -0.3 is 10.2 Å². The molecule has 1 aliphatic carbocycles. The van der Waals surface area contributed by atoms with Crippen LogP contribution in [0.25, 0.3) is 0 Å². The number of aryl methyl sites for hydroxylation is 2. The smallest absolute Gasteiger partial charge is 0.223 e. The van der Waals surface area contributed by atoms with Gasteiger partial charge in [0.2, 0.25) is 5.91 Å². The van der Waals surface area contributed by atoms with E-state index in [4.69, 9.17) is 0 Å². The third-order valence-electron chi connectivity index (χ3n) is 4.71. The Morgan fingerprint density at radius 1 is 1.22 bits per heavy atom. The Morgan fingerprint density at radius 3 is 2.78 bits per heavy atom. The number of nitrogens with one attached hydrogen (secondary N) is 1. The van der Waals surface area contributed by atoms with E-state index in [9.17, 15) is 9.59 Å². The van der Waals surface area contributed by atoms with Gasteiger partial charge in [-0.05, 0) is 43.4 Å². The topological polar surface area (TPSA) is 49.4 Å². The number of carbonyl (C=O) groups excluding carboxylic acids is 2. The van der Waals surface area contributed by atoms with Crippen LogP contribution in [0.3, 0.4) is 0 Å². The van der Waals surface area contributed by atoms with Crippen LogP contribution >= 0.6 is 12.4 Å². The molecule has 0 spiro atoms. The maximum absolute atomic E-state index is 12.3. The van der Waals surface area contributed by atoms with Crippen LogP contribution in [0.2, 0.25) is 0 Å². The fraction of sp³-hybridized carbons (Fsp3) is 0.556. The van der Waals surface area contributed by atoms with Crippen LogP contribution in [0.5, 0.6) is 0 Å². The van der Waals surface area contributed by atoms with Crippen LogP contribution in [0.4, 0.5) is 0 Å². The Labute approximate surface area is 144 Å². The predicted molar refractivity (Wildman–Crippen MR) is 93.3 cm³/mol. The number of rotatable bonds is 4. The summed E-state index contributed by atoms with van der Waals surface area (Å²) in [7, 11) is 0. The summed E-state index contributed by atoms with van der Waals surface area (Å²) in [6.45, 7) is 4.41. The second-order valence-corrected chi connectivity index (χ2v) is 6.46. The molecule has 5 heteroatoms. The number of benzene rings is 1. The molecule has 23 heavy (non-hydrogen) atoms. The highest BCUT2D eigenvalue weighted by molar-refractivity contribution is 5.98. The Balaban J connectivity index is 0.00000192. The highest BCUT2D eigenvalue weighted by atomic mass is 35.5. The second-order valence-electron chi connectivity index (χ2n) is 6.46. The second kappa shape index (κ2) is 7.93. The van der Waals surface area contributed by atoms with Gasteiger partial charge in [-0.2, -0.15) is 0 Å². The van der Waals surface area contributed by atoms with Crippen molar-refractivity contribution in [1.29, 1.82) is 0 Å². The molecule has 1 atom stereocenters. The Hall–Kier alpha value is -1.39. The van der Waals surface area contributed by atoms with E-state index in [-0.39, 0.29) is 24.1 Å². The van der Waals surface area contributed by atoms with E-state index in [1.807, 2.05) is 17.0 Å². The van der Waals surface area contributed by atoms with Crippen LogP contribution in [-0.4, -0.2) is 42.3 Å². The van der Waals surface area contributed by atoms with Gasteiger partial charge in [0.15, 0.2) is 5.78 Å². The lowest BCUT2D eigenvalue weighted by Crippen LogP contribution is -2.51. The van der Waals surface area contributed by atoms with Crippen molar-refractivity contribution in [3.63, 3.8) is 0 Å². The maximum Gasteiger partial charge on any atom is 0.223 e. The summed E-state index contributed by atoms with van der Waals surface area (Å²) in [4.78, 5) is 26.4. The molecule has 4 nitrogen and oxygen atoms in total. The van der Waals surface area contributed by atoms with Gasteiger partial charge in [-0.25, -0.2) is 0 Å². The number of piperazine rings is 1. The average molecular weight is 337 g/mol. The van der Waals surface area contributed by atoms with Gasteiger partial charge in [-0.15, -0.1) is 12.4 Å². The molecule has 1 saturated heterocycles. The first-order valence-corrected chi connectivity index (χ1v) is 8.29. The number of amides is 1. The third-order valence-corrected chi connectivity index (χ3v) is 4.71. The van der Waals surface area contributed by atoms with E-state index >= 15 is 0 Å². The molecule has 3 rings (SSSR count). The van der Waals surface area contributed by atoms with Gasteiger partial charge in [-0.3, -0.25) is 9.59 Å². The molecule has 2 aliphatic rings. The Bertz CT molecular complexity index is 588. The standard InChI is InChI=1S/C18H24N2O2.ClH/c1-13-12-20(10-9-19-13)18(22)8-7-17(21)16-6-5-14-3-2-4-15(14)11-16;/h5-6,11,13,19H,2-4,7-10,12H2,1H3;1H. The molecule has 1 fully saturated rings. The first-order chi connectivity index (χ1) is 10.6. The van der Waals surface area contributed by atoms with Gasteiger partial charge in [0.1, 0.15) is 0 Å². The minimum absolute atomic E-state index is 0. The number of nitrogens with zero attached hydrogens (tertiary/aromatic N) is 1. The quantitative estimate of drug-likeness (QED) is 0.859. The molecule has 1 heterocycles. The van der Waals surface area contributed by atoms with Crippen LogP contribution in [0, 0.1) is 0 Å². The zero-order valence-electron chi connectivity index (χ0n) is 13.6. The van der Waals surface area contributed by atoms with E-state index < -0.39 is 0 Å². The number of hydrogen-bond donors (Lipinski definition) is 1. The Kier molecular flexibility index (Phi) is 6.19. The fourth-order valence-electron chi connectivity index (χ4n) is 3.43. The number of carbonyl (C=O) groups is 2. The number of hydrogen-bond acceptors (Lipinski definition) is 3. The molecule has 1 N–H and O–H groups in total. The van der Waals surface area contributed by atoms with Crippen LogP contribution in [0.15, 0.2) is 18.2 Å². The first kappa shape index (κ1) is 18.0. The van der Waals surface area contributed by atoms with Crippen molar-refractivity contribution in [2.24, 2.45) is 0 Å². The number of Topliss-reactive ketones (excluding diaryl/α,β-unsaturated/α-hetero) is 1. The molecule has 1 unspecified atom stereocenters. The molecule has 1 aliphatic heterocycles. The lowest BCUT2D eigenvalue weighted by molar-refractivity contribution is -0.132. The largest absolute Gasteiger partial charge is 0.340 e. The summed E-state index contributed by atoms with van der Waals surface area (Å²) in [5.41, 5.74) is 3.46. The molecular weight excluding hydrogens is 312 g/mol. The molecule has 0 saturated carbocycles. The third kappa shape index (κ3) is 4.33. The normalized spacial score (nSPS) is 19.9. The average Bonchev–Trinajstić information content (AvgIpc) is 2.99. The van der Waals surface area contributed by atoms with Crippen molar-refractivity contribution in [1.82, 2.24) is 10.2 Å². The molecule has 126 valence electrons. The molecule has 1 amide bonds. The molecular formula is C18H25ClN2O2. The molecule has 0 bridgehead atoms. The summed E-state index contributed by atoms with van der Waals surface area (Å²) in [6, 6.07) is 6.37. The van der Waals surface area contributed by atoms with Crippen molar-refractivity contribution in [2.45, 2.75) is 45.1 Å². The van der Waals surface area contributed by atoms with Crippen LogP contribution in [0.1, 0.15) is 47.7 Å². The van der Waals surface area contributed by atoms with Crippen molar-refractivity contribution in [3.05, 3.63) is 34.9 Å². The Morgan fingerprint density at radius 2 is 2.00 bits per heavy atom. The highest BCUT2D eigenvalue weighted by Crippen LogP contribution is 2.23. The lowest BCUT2D eigenvalue weighted by atomic mass is 10.0. The van der Waals surface area contributed by atoms with E-state index in [1.54, 1.807) is 0 Å². The summed E-state index contributed by atoms with van der Waals surface area (Å²) in [5, 5.41) is 3.32. The van der Waals surface area contributed by atoms with Gasteiger partial charge in [0, 0.05) is 44.1 Å². The SMILES string of the molecule is CC1CN(C(=O)CCC(=O)c2ccc3c(c2)CCC3)CCN1.Cl. The van der Waals surface area contributed by atoms with Crippen LogP contribution < -0.4 is 5.32 Å². The summed E-state index contributed by atoms with van der Waals surface area (Å²) >= 11 is 0. The summed E-state index contributed by atoms with van der Waals surface area (Å²) < 4.78 is 0. The van der Waals surface area contributed by atoms with E-state index in [2.05, 4.69) is 18.3 Å². The fourth-order valence-corrected chi connectivity index (χ4v) is 3.43. The van der Waals surface area contributed by atoms with E-state index in [0.29, 0.717) is 18.9 Å². The predicted octanol–water partition coefficient (Wildman–Crippen LogP) is 2.38. The van der Waals surface area contributed by atoms with Gasteiger partial charge >= 0.3 is 0 Å². The molecule has 1 aromatic carbocycles. The van der Waals surface area contributed by atoms with E-state index in [0.717, 1.165) is 38.0 Å². The number of fused-ring (bicyclic) bond motifs is 1. The monoisotopic (exact) mass is 336 g/mol. The molecule has 0 radical (unpaired) electrons. The van der Waals surface area contributed by atoms with Gasteiger partial charge in [-0.1, -0.05) is 12.1 Å². The first-order valence-electron chi connectivity index (χ1n) is 8.29. The van der Waals surface area contributed by atoms with Crippen molar-refractivity contribution >= 4 is 24.1 Å². The number of halogens is 1. The number of ketones is 1. The van der Waals surface area contributed by atoms with E-state index in [1.165, 1.54) is 17.5 Å². The summed E-state index contributed by atoms with van der Waals surface area (Å²) in [6.07, 6.45) is 4.03. The van der Waals surface area contributed by atoms with Gasteiger partial charge in [0.05, 0.1) is 0 Å². The highest BCUT2D eigenvalue weighted by Gasteiger charge is 2.21. The van der Waals surface area contributed by atoms with Crippen molar-refractivity contribution < 1.29 is 9.59 Å². The minimum Gasteiger partial charge on any atom is -0.340 e. The lowest BCUT2D eigenvalue weighted by Gasteiger charge is -2.31. The van der Waals surface area contributed by atoms with Crippen LogP contribution in [-0.2, 0) is 17.6 Å². The summed E-state index contributed by atoms with van der Waals surface area (Å²) in [5.74, 6) is 0.189. The zero-order valence-corrected chi connectivity index (χ0v) is 14.5.